The number of anilines is 1. The van der Waals surface area contributed by atoms with Gasteiger partial charge in [0.25, 0.3) is 9.84 Å². The van der Waals surface area contributed by atoms with Gasteiger partial charge in [-0.05, 0) is 50.1 Å². The Hall–Kier alpha value is -1.28. The topological polar surface area (TPSA) is 58.2 Å². The van der Waals surface area contributed by atoms with E-state index in [1.807, 2.05) is 0 Å². The number of rotatable bonds is 5. The van der Waals surface area contributed by atoms with Crippen LogP contribution < -0.4 is 10.6 Å². The van der Waals surface area contributed by atoms with E-state index in [1.54, 1.807) is 0 Å². The molecule has 0 aliphatic carbocycles. The maximum atomic E-state index is 12.4. The van der Waals surface area contributed by atoms with Crippen molar-refractivity contribution >= 4 is 15.5 Å². The highest BCUT2D eigenvalue weighted by molar-refractivity contribution is 7.92. The molecular formula is C13H17F3N2O2S. The molecule has 1 aromatic rings. The largest absolute Gasteiger partial charge is 0.501 e. The van der Waals surface area contributed by atoms with E-state index in [1.165, 1.54) is 12.1 Å². The first-order valence-corrected chi connectivity index (χ1v) is 8.18. The second-order valence-electron chi connectivity index (χ2n) is 4.98. The second kappa shape index (κ2) is 6.23. The smallest absolute Gasteiger partial charge is 0.385 e. The molecule has 0 amide bonds. The summed E-state index contributed by atoms with van der Waals surface area (Å²) in [6, 6.07) is 5.11. The zero-order valence-corrected chi connectivity index (χ0v) is 12.1. The summed E-state index contributed by atoms with van der Waals surface area (Å²) in [4.78, 5) is -0.738. The fraction of sp³-hybridized carbons (Fsp3) is 0.538. The average molecular weight is 322 g/mol. The number of halogens is 3. The molecule has 4 nitrogen and oxygen atoms in total. The molecule has 2 N–H and O–H groups in total. The van der Waals surface area contributed by atoms with Gasteiger partial charge in [0.1, 0.15) is 0 Å². The van der Waals surface area contributed by atoms with Crippen molar-refractivity contribution in [2.45, 2.75) is 35.7 Å². The summed E-state index contributed by atoms with van der Waals surface area (Å²) in [5, 5.41) is 6.42. The minimum Gasteiger partial charge on any atom is -0.385 e. The molecule has 0 spiro atoms. The van der Waals surface area contributed by atoms with Gasteiger partial charge >= 0.3 is 5.51 Å². The standard InChI is InChI=1S/C13H17F3N2O2S/c14-13(15,16)21(19,20)12-5-3-11(4-6-12)18-9-7-10-2-1-8-17-10/h3-6,10,17-18H,1-2,7-9H2/t10-/m0/s1. The van der Waals surface area contributed by atoms with Gasteiger partial charge in [0.05, 0.1) is 4.90 Å². The minimum atomic E-state index is -5.27. The number of hydrogen-bond acceptors (Lipinski definition) is 4. The molecule has 1 saturated heterocycles. The van der Waals surface area contributed by atoms with Gasteiger partial charge in [0.2, 0.25) is 0 Å². The molecule has 0 aromatic heterocycles. The first-order chi connectivity index (χ1) is 9.80. The number of sulfone groups is 1. The van der Waals surface area contributed by atoms with Gasteiger partial charge in [0.15, 0.2) is 0 Å². The number of benzene rings is 1. The van der Waals surface area contributed by atoms with Crippen LogP contribution in [0, 0.1) is 0 Å². The van der Waals surface area contributed by atoms with Gasteiger partial charge in [-0.15, -0.1) is 0 Å². The Morgan fingerprint density at radius 2 is 1.90 bits per heavy atom. The van der Waals surface area contributed by atoms with Crippen molar-refractivity contribution in [3.63, 3.8) is 0 Å². The molecule has 21 heavy (non-hydrogen) atoms. The number of hydrogen-bond donors (Lipinski definition) is 2. The van der Waals surface area contributed by atoms with E-state index >= 15 is 0 Å². The van der Waals surface area contributed by atoms with Crippen LogP contribution in [0.5, 0.6) is 0 Å². The van der Waals surface area contributed by atoms with E-state index in [-0.39, 0.29) is 0 Å². The Morgan fingerprint density at radius 1 is 1.24 bits per heavy atom. The van der Waals surface area contributed by atoms with Crippen molar-refractivity contribution in [1.82, 2.24) is 5.32 Å². The first kappa shape index (κ1) is 16.1. The third kappa shape index (κ3) is 3.88. The van der Waals surface area contributed by atoms with E-state index in [0.717, 1.165) is 37.9 Å². The van der Waals surface area contributed by atoms with Crippen molar-refractivity contribution in [3.05, 3.63) is 24.3 Å². The molecule has 8 heteroatoms. The summed E-state index contributed by atoms with van der Waals surface area (Å²) in [5.41, 5.74) is -4.66. The number of nitrogens with one attached hydrogen (secondary N) is 2. The van der Waals surface area contributed by atoms with E-state index in [9.17, 15) is 21.6 Å². The highest BCUT2D eigenvalue weighted by atomic mass is 32.2. The molecule has 0 radical (unpaired) electrons. The highest BCUT2D eigenvalue weighted by Crippen LogP contribution is 2.30. The molecule has 1 heterocycles. The van der Waals surface area contributed by atoms with Crippen LogP contribution in [0.15, 0.2) is 29.2 Å². The molecule has 0 bridgehead atoms. The van der Waals surface area contributed by atoms with Crippen LogP contribution in [0.1, 0.15) is 19.3 Å². The lowest BCUT2D eigenvalue weighted by Crippen LogP contribution is -2.24. The second-order valence-corrected chi connectivity index (χ2v) is 6.92. The first-order valence-electron chi connectivity index (χ1n) is 6.69. The van der Waals surface area contributed by atoms with Crippen LogP contribution in [-0.4, -0.2) is 33.1 Å². The molecule has 0 saturated carbocycles. The fourth-order valence-corrected chi connectivity index (χ4v) is 3.04. The Bertz CT molecular complexity index is 564. The third-order valence-electron chi connectivity index (χ3n) is 3.45. The summed E-state index contributed by atoms with van der Waals surface area (Å²) in [6.45, 7) is 1.71. The molecule has 1 aliphatic heterocycles. The van der Waals surface area contributed by atoms with E-state index in [0.29, 0.717) is 18.3 Å². The maximum absolute atomic E-state index is 12.4. The van der Waals surface area contributed by atoms with E-state index < -0.39 is 20.2 Å². The molecule has 1 aromatic carbocycles. The average Bonchev–Trinajstić information content (AvgIpc) is 2.91. The van der Waals surface area contributed by atoms with Gasteiger partial charge in [-0.25, -0.2) is 8.42 Å². The Labute approximate surface area is 121 Å². The normalized spacial score (nSPS) is 19.7. The van der Waals surface area contributed by atoms with E-state index in [2.05, 4.69) is 10.6 Å². The summed E-state index contributed by atoms with van der Waals surface area (Å²) in [7, 11) is -5.26. The van der Waals surface area contributed by atoms with Crippen molar-refractivity contribution in [1.29, 1.82) is 0 Å². The molecule has 0 unspecified atom stereocenters. The summed E-state index contributed by atoms with van der Waals surface area (Å²) < 4.78 is 59.6. The van der Waals surface area contributed by atoms with Crippen LogP contribution in [-0.2, 0) is 9.84 Å². The van der Waals surface area contributed by atoms with Crippen LogP contribution in [0.4, 0.5) is 18.9 Å². The van der Waals surface area contributed by atoms with Gasteiger partial charge in [-0.2, -0.15) is 13.2 Å². The Balaban J connectivity index is 1.93. The minimum absolute atomic E-state index is 0.474. The van der Waals surface area contributed by atoms with E-state index in [4.69, 9.17) is 0 Å². The summed E-state index contributed by atoms with van der Waals surface area (Å²) in [6.07, 6.45) is 3.21. The Kier molecular flexibility index (Phi) is 4.77. The molecule has 1 aliphatic rings. The van der Waals surface area contributed by atoms with Gasteiger partial charge in [-0.1, -0.05) is 0 Å². The lowest BCUT2D eigenvalue weighted by Gasteiger charge is -2.12. The number of alkyl halides is 3. The Morgan fingerprint density at radius 3 is 2.43 bits per heavy atom. The van der Waals surface area contributed by atoms with Crippen LogP contribution in [0.3, 0.4) is 0 Å². The predicted octanol–water partition coefficient (Wildman–Crippen LogP) is 2.53. The highest BCUT2D eigenvalue weighted by Gasteiger charge is 2.46. The van der Waals surface area contributed by atoms with Gasteiger partial charge in [-0.3, -0.25) is 0 Å². The van der Waals surface area contributed by atoms with Crippen LogP contribution >= 0.6 is 0 Å². The SMILES string of the molecule is O=S(=O)(c1ccc(NCC[C@@H]2CCCN2)cc1)C(F)(F)F. The fourth-order valence-electron chi connectivity index (χ4n) is 2.28. The zero-order chi connectivity index (χ0) is 15.5. The van der Waals surface area contributed by atoms with Crippen LogP contribution in [0.25, 0.3) is 0 Å². The quantitative estimate of drug-likeness (QED) is 0.875. The van der Waals surface area contributed by atoms with Crippen LogP contribution in [0.2, 0.25) is 0 Å². The summed E-state index contributed by atoms with van der Waals surface area (Å²) >= 11 is 0. The molecule has 1 atom stereocenters. The monoisotopic (exact) mass is 322 g/mol. The van der Waals surface area contributed by atoms with Gasteiger partial charge in [0, 0.05) is 18.3 Å². The van der Waals surface area contributed by atoms with Gasteiger partial charge < -0.3 is 10.6 Å². The van der Waals surface area contributed by atoms with Crippen molar-refractivity contribution in [3.8, 4) is 0 Å². The van der Waals surface area contributed by atoms with Crippen molar-refractivity contribution < 1.29 is 21.6 Å². The van der Waals surface area contributed by atoms with Crippen molar-refractivity contribution in [2.75, 3.05) is 18.4 Å². The predicted molar refractivity (Wildman–Crippen MR) is 73.8 cm³/mol. The summed E-state index contributed by atoms with van der Waals surface area (Å²) in [5.74, 6) is 0. The maximum Gasteiger partial charge on any atom is 0.501 e. The molecular weight excluding hydrogens is 305 g/mol. The van der Waals surface area contributed by atoms with Crippen molar-refractivity contribution in [2.24, 2.45) is 0 Å². The molecule has 2 rings (SSSR count). The lowest BCUT2D eigenvalue weighted by molar-refractivity contribution is -0.0436. The molecule has 118 valence electrons. The lowest BCUT2D eigenvalue weighted by atomic mass is 10.1. The third-order valence-corrected chi connectivity index (χ3v) is 4.96. The molecule has 1 fully saturated rings. The zero-order valence-electron chi connectivity index (χ0n) is 11.3.